The van der Waals surface area contributed by atoms with Gasteiger partial charge < -0.3 is 4.74 Å². The van der Waals surface area contributed by atoms with Gasteiger partial charge in [0, 0.05) is 23.7 Å². The van der Waals surface area contributed by atoms with E-state index in [0.717, 1.165) is 11.4 Å². The molecule has 7 nitrogen and oxygen atoms in total. The van der Waals surface area contributed by atoms with Gasteiger partial charge in [-0.1, -0.05) is 18.2 Å². The molecule has 1 N–H and O–H groups in total. The van der Waals surface area contributed by atoms with Crippen molar-refractivity contribution in [1.29, 1.82) is 0 Å². The number of methoxy groups -OCH3 is 1. The highest BCUT2D eigenvalue weighted by Crippen LogP contribution is 2.25. The number of hydrogen-bond acceptors (Lipinski definition) is 6. The van der Waals surface area contributed by atoms with Gasteiger partial charge in [-0.3, -0.25) is 5.10 Å². The molecule has 0 bridgehead atoms. The number of aryl methyl sites for hydroxylation is 1. The summed E-state index contributed by atoms with van der Waals surface area (Å²) in [6.45, 7) is 2.57. The van der Waals surface area contributed by atoms with Crippen LogP contribution in [0, 0.1) is 12.7 Å². The number of rotatable bonds is 6. The fourth-order valence-corrected chi connectivity index (χ4v) is 3.41. The molecule has 0 aliphatic carbocycles. The third kappa shape index (κ3) is 3.64. The van der Waals surface area contributed by atoms with E-state index >= 15 is 0 Å². The topological polar surface area (TPSA) is 81.5 Å². The first-order valence-electron chi connectivity index (χ1n) is 8.28. The maximum Gasteiger partial charge on any atom is 0.210 e. The maximum atomic E-state index is 14.1. The van der Waals surface area contributed by atoms with Gasteiger partial charge in [0.05, 0.1) is 18.8 Å². The molecular weight excluding hydrogens is 367 g/mol. The Morgan fingerprint density at radius 2 is 2.11 bits per heavy atom. The van der Waals surface area contributed by atoms with E-state index in [9.17, 15) is 4.39 Å². The summed E-state index contributed by atoms with van der Waals surface area (Å²) >= 11 is 1.47. The molecule has 9 heteroatoms. The van der Waals surface area contributed by atoms with Crippen LogP contribution >= 0.6 is 11.3 Å². The number of H-pyrrole nitrogens is 1. The number of ether oxygens (including phenoxy) is 1. The van der Waals surface area contributed by atoms with Crippen molar-refractivity contribution in [3.05, 3.63) is 58.5 Å². The Morgan fingerprint density at radius 3 is 2.85 bits per heavy atom. The van der Waals surface area contributed by atoms with Crippen LogP contribution in [-0.2, 0) is 17.9 Å². The lowest BCUT2D eigenvalue weighted by Crippen LogP contribution is -2.06. The Bertz CT molecular complexity index is 1070. The molecule has 4 rings (SSSR count). The van der Waals surface area contributed by atoms with E-state index in [1.807, 2.05) is 18.4 Å². The van der Waals surface area contributed by atoms with Gasteiger partial charge in [-0.2, -0.15) is 5.10 Å². The average Bonchev–Trinajstić information content (AvgIpc) is 3.37. The van der Waals surface area contributed by atoms with Gasteiger partial charge in [-0.15, -0.1) is 16.4 Å². The molecule has 0 radical (unpaired) electrons. The number of thiazole rings is 1. The van der Waals surface area contributed by atoms with E-state index < -0.39 is 0 Å². The minimum Gasteiger partial charge on any atom is -0.378 e. The molecular formula is C18H17FN6OS. The molecule has 0 aliphatic heterocycles. The molecule has 0 aliphatic rings. The van der Waals surface area contributed by atoms with E-state index in [-0.39, 0.29) is 12.4 Å². The second-order valence-corrected chi connectivity index (χ2v) is 6.87. The van der Waals surface area contributed by atoms with Crippen molar-refractivity contribution in [3.63, 3.8) is 0 Å². The number of nitrogens with one attached hydrogen (secondary N) is 1. The Balaban J connectivity index is 1.77. The fourth-order valence-electron chi connectivity index (χ4n) is 2.68. The van der Waals surface area contributed by atoms with E-state index in [0.29, 0.717) is 34.5 Å². The van der Waals surface area contributed by atoms with Crippen LogP contribution in [0.2, 0.25) is 0 Å². The van der Waals surface area contributed by atoms with Gasteiger partial charge in [-0.05, 0) is 19.1 Å². The van der Waals surface area contributed by atoms with Crippen LogP contribution in [0.3, 0.4) is 0 Å². The third-order valence-electron chi connectivity index (χ3n) is 3.92. The van der Waals surface area contributed by atoms with Gasteiger partial charge >= 0.3 is 0 Å². The van der Waals surface area contributed by atoms with Gasteiger partial charge in [0.25, 0.3) is 0 Å². The number of aromatic amines is 1. The van der Waals surface area contributed by atoms with Crippen LogP contribution in [-0.4, -0.2) is 37.1 Å². The van der Waals surface area contributed by atoms with Crippen molar-refractivity contribution < 1.29 is 9.13 Å². The van der Waals surface area contributed by atoms with Crippen molar-refractivity contribution in [2.75, 3.05) is 7.11 Å². The SMILES string of the molecule is COCc1cc(-c2nc(-c3nc(C)cs3)nn2Cc2ccccc2F)n[nH]1. The normalized spacial score (nSPS) is 11.2. The molecule has 1 aromatic carbocycles. The van der Waals surface area contributed by atoms with E-state index in [2.05, 4.69) is 25.3 Å². The monoisotopic (exact) mass is 384 g/mol. The molecule has 0 saturated carbocycles. The van der Waals surface area contributed by atoms with Crippen molar-refractivity contribution in [1.82, 2.24) is 29.9 Å². The van der Waals surface area contributed by atoms with Crippen LogP contribution in [0.4, 0.5) is 4.39 Å². The lowest BCUT2D eigenvalue weighted by atomic mass is 10.2. The van der Waals surface area contributed by atoms with Gasteiger partial charge in [-0.25, -0.2) is 19.0 Å². The summed E-state index contributed by atoms with van der Waals surface area (Å²) < 4.78 is 20.9. The average molecular weight is 384 g/mol. The summed E-state index contributed by atoms with van der Waals surface area (Å²) in [6.07, 6.45) is 0. The highest BCUT2D eigenvalue weighted by atomic mass is 32.1. The second-order valence-electron chi connectivity index (χ2n) is 6.01. The van der Waals surface area contributed by atoms with Crippen LogP contribution < -0.4 is 0 Å². The van der Waals surface area contributed by atoms with E-state index in [4.69, 9.17) is 4.74 Å². The first kappa shape index (κ1) is 17.5. The lowest BCUT2D eigenvalue weighted by molar-refractivity contribution is 0.181. The number of hydrogen-bond donors (Lipinski definition) is 1. The number of nitrogens with zero attached hydrogens (tertiary/aromatic N) is 5. The van der Waals surface area contributed by atoms with Gasteiger partial charge in [0.2, 0.25) is 5.82 Å². The zero-order chi connectivity index (χ0) is 18.8. The summed E-state index contributed by atoms with van der Waals surface area (Å²) in [5, 5.41) is 14.4. The highest BCUT2D eigenvalue weighted by molar-refractivity contribution is 7.13. The second kappa shape index (κ2) is 7.37. The van der Waals surface area contributed by atoms with Crippen LogP contribution in [0.5, 0.6) is 0 Å². The summed E-state index contributed by atoms with van der Waals surface area (Å²) in [6, 6.07) is 8.47. The van der Waals surface area contributed by atoms with Crippen molar-refractivity contribution in [2.45, 2.75) is 20.1 Å². The van der Waals surface area contributed by atoms with E-state index in [1.165, 1.54) is 17.4 Å². The predicted molar refractivity (Wildman–Crippen MR) is 99.7 cm³/mol. The fraction of sp³-hybridized carbons (Fsp3) is 0.222. The van der Waals surface area contributed by atoms with Crippen LogP contribution in [0.1, 0.15) is 17.0 Å². The highest BCUT2D eigenvalue weighted by Gasteiger charge is 2.19. The minimum atomic E-state index is -0.285. The number of aromatic nitrogens is 6. The largest absolute Gasteiger partial charge is 0.378 e. The molecule has 0 amide bonds. The minimum absolute atomic E-state index is 0.242. The first-order chi connectivity index (χ1) is 13.1. The molecule has 0 fully saturated rings. The Kier molecular flexibility index (Phi) is 4.78. The summed E-state index contributed by atoms with van der Waals surface area (Å²) in [5.74, 6) is 0.753. The molecule has 0 unspecified atom stereocenters. The standard InChI is InChI=1S/C18H17FN6OS/c1-11-10-27-18(20-11)16-21-17(15-7-13(9-26-2)22-23-15)25(24-16)8-12-5-3-4-6-14(12)19/h3-7,10H,8-9H2,1-2H3,(H,22,23). The summed E-state index contributed by atoms with van der Waals surface area (Å²) in [5.41, 5.74) is 2.87. The summed E-state index contributed by atoms with van der Waals surface area (Å²) in [4.78, 5) is 9.06. The molecule has 3 aromatic heterocycles. The Labute approximate surface area is 158 Å². The zero-order valence-electron chi connectivity index (χ0n) is 14.8. The maximum absolute atomic E-state index is 14.1. The molecule has 27 heavy (non-hydrogen) atoms. The number of benzene rings is 1. The molecule has 0 atom stereocenters. The molecule has 138 valence electrons. The van der Waals surface area contributed by atoms with Gasteiger partial charge in [0.1, 0.15) is 11.5 Å². The van der Waals surface area contributed by atoms with Crippen molar-refractivity contribution in [2.24, 2.45) is 0 Å². The smallest absolute Gasteiger partial charge is 0.210 e. The first-order valence-corrected chi connectivity index (χ1v) is 9.16. The number of halogens is 1. The third-order valence-corrected chi connectivity index (χ3v) is 4.88. The summed E-state index contributed by atoms with van der Waals surface area (Å²) in [7, 11) is 1.62. The lowest BCUT2D eigenvalue weighted by Gasteiger charge is -2.05. The molecule has 3 heterocycles. The molecule has 0 spiro atoms. The van der Waals surface area contributed by atoms with Crippen molar-refractivity contribution >= 4 is 11.3 Å². The van der Waals surface area contributed by atoms with E-state index in [1.54, 1.807) is 30.0 Å². The predicted octanol–water partition coefficient (Wildman–Crippen LogP) is 3.43. The van der Waals surface area contributed by atoms with Crippen molar-refractivity contribution in [3.8, 4) is 22.4 Å². The quantitative estimate of drug-likeness (QED) is 0.551. The molecule has 0 saturated heterocycles. The van der Waals surface area contributed by atoms with Gasteiger partial charge in [0.15, 0.2) is 10.8 Å². The van der Waals surface area contributed by atoms with Crippen LogP contribution in [0.15, 0.2) is 35.7 Å². The zero-order valence-corrected chi connectivity index (χ0v) is 15.6. The molecule has 4 aromatic rings. The van der Waals surface area contributed by atoms with Crippen LogP contribution in [0.25, 0.3) is 22.4 Å². The Morgan fingerprint density at radius 1 is 1.26 bits per heavy atom. The Hall–Kier alpha value is -2.91.